The van der Waals surface area contributed by atoms with Gasteiger partial charge >= 0.3 is 0 Å². The first-order chi connectivity index (χ1) is 7.84. The lowest BCUT2D eigenvalue weighted by molar-refractivity contribution is 0.187. The molecule has 2 heterocycles. The molecule has 0 radical (unpaired) electrons. The minimum Gasteiger partial charge on any atom is -0.392 e. The van der Waals surface area contributed by atoms with Gasteiger partial charge in [-0.15, -0.1) is 0 Å². The molecule has 0 aliphatic carbocycles. The number of β-amino-alcohol motifs (C(OH)–C–C–N with tert-alkyl or cyclic N) is 1. The zero-order chi connectivity index (χ0) is 12.7. The monoisotopic (exact) mass is 256 g/mol. The van der Waals surface area contributed by atoms with Gasteiger partial charge in [0, 0.05) is 24.5 Å². The SMILES string of the molecule is CC1(C)CC(O)CN1S(=O)(=O)c1cccnc1. The summed E-state index contributed by atoms with van der Waals surface area (Å²) in [5.74, 6) is 0. The standard InChI is InChI=1S/C11H16N2O3S/c1-11(2)6-9(14)8-13(11)17(15,16)10-4-3-5-12-7-10/h3-5,7,9,14H,6,8H2,1-2H3. The molecule has 6 heteroatoms. The van der Waals surface area contributed by atoms with Crippen LogP contribution in [0.3, 0.4) is 0 Å². The van der Waals surface area contributed by atoms with E-state index in [4.69, 9.17) is 0 Å². The highest BCUT2D eigenvalue weighted by atomic mass is 32.2. The van der Waals surface area contributed by atoms with Crippen LogP contribution in [0.25, 0.3) is 0 Å². The van der Waals surface area contributed by atoms with Crippen LogP contribution in [0.15, 0.2) is 29.4 Å². The number of hydrogen-bond donors (Lipinski definition) is 1. The van der Waals surface area contributed by atoms with E-state index < -0.39 is 21.7 Å². The Balaban J connectivity index is 2.41. The number of aliphatic hydroxyl groups is 1. The van der Waals surface area contributed by atoms with Gasteiger partial charge in [0.15, 0.2) is 0 Å². The van der Waals surface area contributed by atoms with Crippen LogP contribution < -0.4 is 0 Å². The molecule has 0 saturated carbocycles. The van der Waals surface area contributed by atoms with Crippen molar-refractivity contribution in [1.82, 2.24) is 9.29 Å². The van der Waals surface area contributed by atoms with Crippen molar-refractivity contribution in [2.45, 2.75) is 36.8 Å². The molecule has 1 N–H and O–H groups in total. The molecule has 1 aliphatic heterocycles. The van der Waals surface area contributed by atoms with Gasteiger partial charge in [-0.1, -0.05) is 0 Å². The van der Waals surface area contributed by atoms with Gasteiger partial charge in [-0.05, 0) is 32.4 Å². The fourth-order valence-corrected chi connectivity index (χ4v) is 4.02. The van der Waals surface area contributed by atoms with E-state index in [0.717, 1.165) is 0 Å². The van der Waals surface area contributed by atoms with E-state index in [-0.39, 0.29) is 11.4 Å². The molecule has 1 atom stereocenters. The Labute approximate surface area is 101 Å². The Morgan fingerprint density at radius 1 is 1.53 bits per heavy atom. The predicted octanol–water partition coefficient (Wildman–Crippen LogP) is 0.615. The number of sulfonamides is 1. The predicted molar refractivity (Wildman–Crippen MR) is 62.8 cm³/mol. The average Bonchev–Trinajstić information content (AvgIpc) is 2.54. The van der Waals surface area contributed by atoms with Gasteiger partial charge < -0.3 is 5.11 Å². The van der Waals surface area contributed by atoms with Gasteiger partial charge in [0.25, 0.3) is 0 Å². The lowest BCUT2D eigenvalue weighted by Crippen LogP contribution is -2.42. The third kappa shape index (κ3) is 2.20. The molecule has 0 bridgehead atoms. The molecule has 1 aromatic heterocycles. The normalized spacial score (nSPS) is 25.0. The first-order valence-corrected chi connectivity index (χ1v) is 6.89. The van der Waals surface area contributed by atoms with Crippen LogP contribution >= 0.6 is 0 Å². The Morgan fingerprint density at radius 2 is 2.24 bits per heavy atom. The van der Waals surface area contributed by atoms with Gasteiger partial charge in [0.05, 0.1) is 6.10 Å². The summed E-state index contributed by atoms with van der Waals surface area (Å²) in [5.41, 5.74) is -0.561. The maximum absolute atomic E-state index is 12.4. The second-order valence-electron chi connectivity index (χ2n) is 4.90. The summed E-state index contributed by atoms with van der Waals surface area (Å²) in [6.45, 7) is 3.78. The van der Waals surface area contributed by atoms with E-state index in [2.05, 4.69) is 4.98 Å². The number of pyridine rings is 1. The summed E-state index contributed by atoms with van der Waals surface area (Å²) in [6, 6.07) is 3.11. The van der Waals surface area contributed by atoms with Gasteiger partial charge in [-0.3, -0.25) is 4.98 Å². The molecule has 0 spiro atoms. The zero-order valence-electron chi connectivity index (χ0n) is 9.87. The largest absolute Gasteiger partial charge is 0.392 e. The average molecular weight is 256 g/mol. The first-order valence-electron chi connectivity index (χ1n) is 5.45. The van der Waals surface area contributed by atoms with Crippen molar-refractivity contribution in [3.63, 3.8) is 0 Å². The summed E-state index contributed by atoms with van der Waals surface area (Å²) in [6.07, 6.45) is 2.71. The molecule has 1 aliphatic rings. The van der Waals surface area contributed by atoms with Crippen molar-refractivity contribution < 1.29 is 13.5 Å². The molecular formula is C11H16N2O3S. The highest BCUT2D eigenvalue weighted by Crippen LogP contribution is 2.33. The van der Waals surface area contributed by atoms with Crippen LogP contribution in [-0.4, -0.2) is 41.0 Å². The van der Waals surface area contributed by atoms with E-state index >= 15 is 0 Å². The van der Waals surface area contributed by atoms with Gasteiger partial charge in [-0.25, -0.2) is 8.42 Å². The van der Waals surface area contributed by atoms with E-state index in [9.17, 15) is 13.5 Å². The number of nitrogens with zero attached hydrogens (tertiary/aromatic N) is 2. The minimum atomic E-state index is -3.57. The molecule has 0 amide bonds. The highest BCUT2D eigenvalue weighted by Gasteiger charge is 2.44. The second kappa shape index (κ2) is 4.04. The van der Waals surface area contributed by atoms with Crippen LogP contribution in [0, 0.1) is 0 Å². The van der Waals surface area contributed by atoms with Crippen molar-refractivity contribution >= 4 is 10.0 Å². The maximum Gasteiger partial charge on any atom is 0.245 e. The molecule has 1 unspecified atom stereocenters. The van der Waals surface area contributed by atoms with Crippen LogP contribution in [0.2, 0.25) is 0 Å². The van der Waals surface area contributed by atoms with Gasteiger partial charge in [0.1, 0.15) is 4.90 Å². The number of aromatic nitrogens is 1. The number of aliphatic hydroxyl groups excluding tert-OH is 1. The van der Waals surface area contributed by atoms with E-state index in [1.54, 1.807) is 6.07 Å². The highest BCUT2D eigenvalue weighted by molar-refractivity contribution is 7.89. The fourth-order valence-electron chi connectivity index (χ4n) is 2.23. The summed E-state index contributed by atoms with van der Waals surface area (Å²) in [4.78, 5) is 3.99. The third-order valence-electron chi connectivity index (χ3n) is 3.01. The molecule has 0 aromatic carbocycles. The first kappa shape index (κ1) is 12.5. The molecule has 5 nitrogen and oxygen atoms in total. The zero-order valence-corrected chi connectivity index (χ0v) is 10.7. The summed E-state index contributed by atoms with van der Waals surface area (Å²) in [5, 5.41) is 9.62. The van der Waals surface area contributed by atoms with Crippen LogP contribution in [0.1, 0.15) is 20.3 Å². The Hall–Kier alpha value is -0.980. The Kier molecular flexibility index (Phi) is 2.97. The summed E-state index contributed by atoms with van der Waals surface area (Å²) >= 11 is 0. The molecular weight excluding hydrogens is 240 g/mol. The summed E-state index contributed by atoms with van der Waals surface area (Å²) in [7, 11) is -3.57. The quantitative estimate of drug-likeness (QED) is 0.842. The van der Waals surface area contributed by atoms with E-state index in [0.29, 0.717) is 6.42 Å². The van der Waals surface area contributed by atoms with Crippen LogP contribution in [-0.2, 0) is 10.0 Å². The van der Waals surface area contributed by atoms with Gasteiger partial charge in [-0.2, -0.15) is 4.31 Å². The lowest BCUT2D eigenvalue weighted by atomic mass is 10.0. The summed E-state index contributed by atoms with van der Waals surface area (Å²) < 4.78 is 26.1. The fraction of sp³-hybridized carbons (Fsp3) is 0.545. The molecule has 17 heavy (non-hydrogen) atoms. The van der Waals surface area contributed by atoms with Crippen LogP contribution in [0.4, 0.5) is 0 Å². The molecule has 94 valence electrons. The Bertz CT molecular complexity index is 499. The minimum absolute atomic E-state index is 0.143. The van der Waals surface area contributed by atoms with Crippen molar-refractivity contribution in [3.8, 4) is 0 Å². The van der Waals surface area contributed by atoms with Crippen molar-refractivity contribution in [2.24, 2.45) is 0 Å². The van der Waals surface area contributed by atoms with Crippen molar-refractivity contribution in [3.05, 3.63) is 24.5 Å². The third-order valence-corrected chi connectivity index (χ3v) is 5.07. The molecule has 1 fully saturated rings. The maximum atomic E-state index is 12.4. The smallest absolute Gasteiger partial charge is 0.245 e. The molecule has 1 saturated heterocycles. The lowest BCUT2D eigenvalue weighted by Gasteiger charge is -2.29. The Morgan fingerprint density at radius 3 is 2.71 bits per heavy atom. The van der Waals surface area contributed by atoms with E-state index in [1.807, 2.05) is 13.8 Å². The van der Waals surface area contributed by atoms with E-state index in [1.165, 1.54) is 22.8 Å². The van der Waals surface area contributed by atoms with Crippen molar-refractivity contribution in [2.75, 3.05) is 6.54 Å². The number of rotatable bonds is 2. The van der Waals surface area contributed by atoms with Gasteiger partial charge in [0.2, 0.25) is 10.0 Å². The second-order valence-corrected chi connectivity index (χ2v) is 6.76. The topological polar surface area (TPSA) is 70.5 Å². The van der Waals surface area contributed by atoms with Crippen LogP contribution in [0.5, 0.6) is 0 Å². The van der Waals surface area contributed by atoms with Crippen molar-refractivity contribution in [1.29, 1.82) is 0 Å². The molecule has 1 aromatic rings. The number of hydrogen-bond acceptors (Lipinski definition) is 4. The molecule has 2 rings (SSSR count).